The first-order valence-corrected chi connectivity index (χ1v) is 13.5. The third-order valence-electron chi connectivity index (χ3n) is 6.31. The van der Waals surface area contributed by atoms with E-state index >= 15 is 0 Å². The van der Waals surface area contributed by atoms with E-state index in [9.17, 15) is 13.2 Å². The van der Waals surface area contributed by atoms with Crippen molar-refractivity contribution in [1.29, 1.82) is 0 Å². The van der Waals surface area contributed by atoms with Crippen LogP contribution in [-0.2, 0) is 21.1 Å². The smallest absolute Gasteiger partial charge is 0.225 e. The highest BCUT2D eigenvalue weighted by Gasteiger charge is 2.32. The summed E-state index contributed by atoms with van der Waals surface area (Å²) in [5, 5.41) is 3.21. The number of fused-ring (bicyclic) bond motifs is 1. The van der Waals surface area contributed by atoms with E-state index < -0.39 is 9.84 Å². The highest BCUT2D eigenvalue weighted by molar-refractivity contribution is 7.90. The molecule has 1 unspecified atom stereocenters. The normalized spacial score (nSPS) is 16.5. The fourth-order valence-corrected chi connectivity index (χ4v) is 4.91. The molecule has 1 saturated heterocycles. The first-order chi connectivity index (χ1) is 17.2. The van der Waals surface area contributed by atoms with E-state index in [1.54, 1.807) is 44.0 Å². The quantitative estimate of drug-likeness (QED) is 0.415. The second kappa shape index (κ2) is 9.26. The molecule has 0 aliphatic carbocycles. The van der Waals surface area contributed by atoms with Crippen LogP contribution >= 0.6 is 0 Å². The number of ketones is 1. The molecule has 1 atom stereocenters. The van der Waals surface area contributed by atoms with Crippen molar-refractivity contribution in [1.82, 2.24) is 29.3 Å². The van der Waals surface area contributed by atoms with Gasteiger partial charge in [-0.1, -0.05) is 6.92 Å². The number of carbonyl (C=O) groups is 1. The van der Waals surface area contributed by atoms with E-state index in [-0.39, 0.29) is 23.3 Å². The maximum Gasteiger partial charge on any atom is 0.225 e. The minimum Gasteiger partial charge on any atom is -0.336 e. The summed E-state index contributed by atoms with van der Waals surface area (Å²) in [5.41, 5.74) is 3.55. The van der Waals surface area contributed by atoms with Gasteiger partial charge in [0.1, 0.15) is 0 Å². The minimum atomic E-state index is -3.40. The zero-order valence-corrected chi connectivity index (χ0v) is 21.0. The van der Waals surface area contributed by atoms with Gasteiger partial charge in [-0.3, -0.25) is 9.20 Å². The fourth-order valence-electron chi connectivity index (χ4n) is 4.29. The summed E-state index contributed by atoms with van der Waals surface area (Å²) < 4.78 is 25.4. The molecule has 1 N–H and O–H groups in total. The number of imidazole rings is 1. The van der Waals surface area contributed by atoms with Gasteiger partial charge in [-0.25, -0.2) is 33.3 Å². The molecule has 5 rings (SSSR count). The Morgan fingerprint density at radius 1 is 1.11 bits per heavy atom. The van der Waals surface area contributed by atoms with Crippen molar-refractivity contribution < 1.29 is 13.2 Å². The largest absolute Gasteiger partial charge is 0.336 e. The third-order valence-corrected chi connectivity index (χ3v) is 7.30. The van der Waals surface area contributed by atoms with Gasteiger partial charge in [0.15, 0.2) is 32.1 Å². The van der Waals surface area contributed by atoms with Gasteiger partial charge in [-0.15, -0.1) is 0 Å². The number of aryl methyl sites for hydroxylation is 2. The Labute approximate surface area is 208 Å². The molecule has 1 fully saturated rings. The van der Waals surface area contributed by atoms with Crippen LogP contribution in [-0.4, -0.2) is 62.9 Å². The van der Waals surface area contributed by atoms with Gasteiger partial charge in [0.2, 0.25) is 5.95 Å². The van der Waals surface area contributed by atoms with E-state index in [2.05, 4.69) is 30.2 Å². The lowest BCUT2D eigenvalue weighted by Gasteiger charge is -2.30. The number of anilines is 3. The van der Waals surface area contributed by atoms with Gasteiger partial charge >= 0.3 is 0 Å². The van der Waals surface area contributed by atoms with Crippen molar-refractivity contribution in [3.05, 3.63) is 60.1 Å². The summed E-state index contributed by atoms with van der Waals surface area (Å²) in [6.07, 6.45) is 11.3. The number of carbonyl (C=O) groups excluding carboxylic acids is 1. The number of nitrogens with one attached hydrogen (secondary N) is 1. The lowest BCUT2D eigenvalue weighted by atomic mass is 9.92. The zero-order valence-electron chi connectivity index (χ0n) is 20.2. The molecule has 4 aromatic heterocycles. The molecular weight excluding hydrogens is 480 g/mol. The predicted molar refractivity (Wildman–Crippen MR) is 134 cm³/mol. The molecule has 0 saturated carbocycles. The molecule has 1 aliphatic heterocycles. The number of piperidine rings is 1. The van der Waals surface area contributed by atoms with Crippen molar-refractivity contribution >= 4 is 38.7 Å². The van der Waals surface area contributed by atoms with Gasteiger partial charge in [0.25, 0.3) is 0 Å². The molecule has 12 heteroatoms. The van der Waals surface area contributed by atoms with Crippen LogP contribution in [0.25, 0.3) is 5.65 Å². The molecule has 1 aliphatic rings. The second-order valence-corrected chi connectivity index (χ2v) is 10.8. The molecule has 0 aromatic carbocycles. The second-order valence-electron chi connectivity index (χ2n) is 8.81. The summed E-state index contributed by atoms with van der Waals surface area (Å²) in [5.74, 6) is 0.821. The molecule has 0 bridgehead atoms. The summed E-state index contributed by atoms with van der Waals surface area (Å²) in [7, 11) is -3.40. The third kappa shape index (κ3) is 4.51. The number of Topliss-reactive ketones (excluding diaryl/α,β-unsaturated/α-hetero) is 1. The number of rotatable bonds is 6. The molecule has 5 heterocycles. The molecule has 0 amide bonds. The number of hydrogen-bond donors (Lipinski definition) is 1. The average molecular weight is 507 g/mol. The first kappa shape index (κ1) is 23.8. The molecular formula is C24H26N8O3S. The lowest BCUT2D eigenvalue weighted by molar-refractivity contribution is -0.120. The van der Waals surface area contributed by atoms with Crippen LogP contribution < -0.4 is 10.2 Å². The average Bonchev–Trinajstić information content (AvgIpc) is 3.29. The van der Waals surface area contributed by atoms with Crippen LogP contribution in [0.2, 0.25) is 0 Å². The number of nitrogens with zero attached hydrogens (tertiary/aromatic N) is 7. The van der Waals surface area contributed by atoms with Crippen LogP contribution in [0.3, 0.4) is 0 Å². The van der Waals surface area contributed by atoms with E-state index in [4.69, 9.17) is 0 Å². The van der Waals surface area contributed by atoms with Crippen molar-refractivity contribution in [2.45, 2.75) is 37.6 Å². The van der Waals surface area contributed by atoms with Gasteiger partial charge in [-0.2, -0.15) is 0 Å². The Morgan fingerprint density at radius 3 is 2.56 bits per heavy atom. The predicted octanol–water partition coefficient (Wildman–Crippen LogP) is 2.50. The Morgan fingerprint density at radius 2 is 1.89 bits per heavy atom. The molecule has 36 heavy (non-hydrogen) atoms. The standard InChI is InChI=1S/C24H26N8O3S/c1-4-16-11-27-24(28-12-16)31-9-7-17(20(33)14-31)19-13-26-23-22(25-8-10-32(19)23)30-18-5-6-21(29-15(18)2)36(3,34)35/h5-6,8,10-13,17H,4,7,9,14H2,1-3H3,(H,25,30). The van der Waals surface area contributed by atoms with E-state index in [0.717, 1.165) is 23.9 Å². The maximum absolute atomic E-state index is 13.1. The zero-order chi connectivity index (χ0) is 25.4. The maximum atomic E-state index is 13.1. The number of aromatic nitrogens is 6. The van der Waals surface area contributed by atoms with E-state index in [1.807, 2.05) is 16.2 Å². The van der Waals surface area contributed by atoms with Crippen LogP contribution in [0.4, 0.5) is 17.5 Å². The molecule has 11 nitrogen and oxygen atoms in total. The monoisotopic (exact) mass is 506 g/mol. The summed E-state index contributed by atoms with van der Waals surface area (Å²) in [6.45, 7) is 4.66. The van der Waals surface area contributed by atoms with Gasteiger partial charge in [0.05, 0.1) is 35.7 Å². The van der Waals surface area contributed by atoms with Crippen LogP contribution in [0.1, 0.15) is 36.2 Å². The van der Waals surface area contributed by atoms with Crippen LogP contribution in [0.15, 0.2) is 48.1 Å². The van der Waals surface area contributed by atoms with Crippen LogP contribution in [0, 0.1) is 6.92 Å². The summed E-state index contributed by atoms with van der Waals surface area (Å²) in [6, 6.07) is 3.11. The summed E-state index contributed by atoms with van der Waals surface area (Å²) >= 11 is 0. The molecule has 0 spiro atoms. The highest BCUT2D eigenvalue weighted by atomic mass is 32.2. The van der Waals surface area contributed by atoms with Gasteiger partial charge < -0.3 is 10.2 Å². The molecule has 0 radical (unpaired) electrons. The minimum absolute atomic E-state index is 0.0105. The number of pyridine rings is 1. The van der Waals surface area contributed by atoms with Crippen LogP contribution in [0.5, 0.6) is 0 Å². The van der Waals surface area contributed by atoms with Crippen molar-refractivity contribution in [3.63, 3.8) is 0 Å². The Balaban J connectivity index is 1.38. The fraction of sp³-hybridized carbons (Fsp3) is 0.333. The number of sulfone groups is 1. The van der Waals surface area contributed by atoms with E-state index in [0.29, 0.717) is 41.8 Å². The topological polar surface area (TPSA) is 135 Å². The first-order valence-electron chi connectivity index (χ1n) is 11.6. The Kier molecular flexibility index (Phi) is 6.12. The molecule has 186 valence electrons. The van der Waals surface area contributed by atoms with E-state index in [1.165, 1.54) is 6.07 Å². The number of hydrogen-bond acceptors (Lipinski definition) is 10. The SMILES string of the molecule is CCc1cnc(N2CCC(c3cnc4c(Nc5ccc(S(C)(=O)=O)nc5C)nccn34)C(=O)C2)nc1. The lowest BCUT2D eigenvalue weighted by Crippen LogP contribution is -2.41. The summed E-state index contributed by atoms with van der Waals surface area (Å²) in [4.78, 5) is 37.0. The highest BCUT2D eigenvalue weighted by Crippen LogP contribution is 2.30. The van der Waals surface area contributed by atoms with Crippen molar-refractivity contribution in [3.8, 4) is 0 Å². The van der Waals surface area contributed by atoms with Crippen molar-refractivity contribution in [2.75, 3.05) is 29.6 Å². The van der Waals surface area contributed by atoms with Gasteiger partial charge in [0, 0.05) is 37.6 Å². The van der Waals surface area contributed by atoms with Gasteiger partial charge in [-0.05, 0) is 37.5 Å². The Bertz CT molecular complexity index is 1550. The molecule has 4 aromatic rings. The Hall–Kier alpha value is -3.93. The van der Waals surface area contributed by atoms with Crippen molar-refractivity contribution in [2.24, 2.45) is 0 Å².